The smallest absolute Gasteiger partial charge is 0.251 e. The van der Waals surface area contributed by atoms with Gasteiger partial charge >= 0.3 is 0 Å². The zero-order valence-electron chi connectivity index (χ0n) is 16.9. The van der Waals surface area contributed by atoms with Gasteiger partial charge in [0, 0.05) is 44.9 Å². The summed E-state index contributed by atoms with van der Waals surface area (Å²) in [5.74, 6) is 0.602. The summed E-state index contributed by atoms with van der Waals surface area (Å²) in [7, 11) is 5.02. The lowest BCUT2D eigenvalue weighted by atomic mass is 10.1. The second-order valence-corrected chi connectivity index (χ2v) is 6.63. The van der Waals surface area contributed by atoms with E-state index in [1.165, 1.54) is 0 Å². The molecule has 3 N–H and O–H groups in total. The highest BCUT2D eigenvalue weighted by molar-refractivity contribution is 14.0. The molecule has 0 saturated carbocycles. The normalized spacial score (nSPS) is 11.9. The Balaban J connectivity index is 0.00000420. The van der Waals surface area contributed by atoms with Crippen LogP contribution in [0.25, 0.3) is 0 Å². The van der Waals surface area contributed by atoms with Gasteiger partial charge in [-0.1, -0.05) is 35.9 Å². The van der Waals surface area contributed by atoms with Gasteiger partial charge in [-0.2, -0.15) is 0 Å². The molecule has 0 spiro atoms. The lowest BCUT2D eigenvalue weighted by molar-refractivity contribution is 0.0963. The monoisotopic (exact) mass is 530 g/mol. The Bertz CT molecular complexity index is 817. The maximum atomic E-state index is 11.7. The molecule has 0 aliphatic rings. The number of nitrogens with zero attached hydrogens (tertiary/aromatic N) is 1. The van der Waals surface area contributed by atoms with Crippen LogP contribution in [0, 0.1) is 0 Å². The number of methoxy groups -OCH3 is 1. The molecule has 158 valence electrons. The van der Waals surface area contributed by atoms with Crippen LogP contribution in [0.15, 0.2) is 53.5 Å². The highest BCUT2D eigenvalue weighted by Crippen LogP contribution is 2.19. The number of ether oxygens (including phenoxy) is 1. The van der Waals surface area contributed by atoms with Crippen LogP contribution < -0.4 is 16.0 Å². The fourth-order valence-corrected chi connectivity index (χ4v) is 2.99. The van der Waals surface area contributed by atoms with E-state index in [1.54, 1.807) is 27.3 Å². The van der Waals surface area contributed by atoms with E-state index >= 15 is 0 Å². The minimum atomic E-state index is -0.138. The molecule has 0 fully saturated rings. The van der Waals surface area contributed by atoms with Crippen molar-refractivity contribution >= 4 is 47.4 Å². The van der Waals surface area contributed by atoms with E-state index in [0.29, 0.717) is 29.6 Å². The molecule has 8 heteroatoms. The summed E-state index contributed by atoms with van der Waals surface area (Å²) in [4.78, 5) is 16.0. The molecular formula is C21H28ClIN4O2. The van der Waals surface area contributed by atoms with E-state index in [9.17, 15) is 4.79 Å². The second kappa shape index (κ2) is 13.4. The summed E-state index contributed by atoms with van der Waals surface area (Å²) < 4.78 is 5.56. The predicted molar refractivity (Wildman–Crippen MR) is 130 cm³/mol. The van der Waals surface area contributed by atoms with Gasteiger partial charge in [0.1, 0.15) is 0 Å². The fraction of sp³-hybridized carbons (Fsp3) is 0.333. The predicted octanol–water partition coefficient (Wildman–Crippen LogP) is 3.41. The van der Waals surface area contributed by atoms with Gasteiger partial charge in [0.2, 0.25) is 0 Å². The van der Waals surface area contributed by atoms with Crippen LogP contribution in [0.1, 0.15) is 27.6 Å². The van der Waals surface area contributed by atoms with Crippen molar-refractivity contribution < 1.29 is 9.53 Å². The molecule has 2 aromatic carbocycles. The number of halogens is 2. The summed E-state index contributed by atoms with van der Waals surface area (Å²) in [6.07, 6.45) is 0.634. The van der Waals surface area contributed by atoms with Crippen LogP contribution in [-0.2, 0) is 11.2 Å². The Kier molecular flexibility index (Phi) is 11.6. The first kappa shape index (κ1) is 25.2. The Labute approximate surface area is 194 Å². The molecule has 0 radical (unpaired) electrons. The van der Waals surface area contributed by atoms with Crippen LogP contribution in [0.3, 0.4) is 0 Å². The van der Waals surface area contributed by atoms with Crippen LogP contribution in [0.2, 0.25) is 5.02 Å². The highest BCUT2D eigenvalue weighted by Gasteiger charge is 2.11. The molecule has 0 bridgehead atoms. The van der Waals surface area contributed by atoms with Gasteiger partial charge in [-0.25, -0.2) is 0 Å². The maximum absolute atomic E-state index is 11.7. The molecule has 6 nitrogen and oxygen atoms in total. The third kappa shape index (κ3) is 8.20. The third-order valence-electron chi connectivity index (χ3n) is 4.31. The zero-order valence-corrected chi connectivity index (χ0v) is 20.0. The first-order valence-electron chi connectivity index (χ1n) is 9.11. The van der Waals surface area contributed by atoms with Crippen LogP contribution in [-0.4, -0.2) is 46.2 Å². The summed E-state index contributed by atoms with van der Waals surface area (Å²) >= 11 is 6.07. The lowest BCUT2D eigenvalue weighted by Gasteiger charge is -2.19. The summed E-state index contributed by atoms with van der Waals surface area (Å²) in [5.41, 5.74) is 2.74. The number of hydrogen-bond acceptors (Lipinski definition) is 3. The number of aliphatic imine (C=N–C) groups is 1. The molecule has 2 rings (SSSR count). The first-order chi connectivity index (χ1) is 13.6. The van der Waals surface area contributed by atoms with Gasteiger partial charge in [0.25, 0.3) is 5.91 Å². The molecule has 1 unspecified atom stereocenters. The molecule has 2 aromatic rings. The average Bonchev–Trinajstić information content (AvgIpc) is 2.72. The number of carbonyl (C=O) groups excluding carboxylic acids is 1. The quantitative estimate of drug-likeness (QED) is 0.278. The standard InChI is InChI=1S/C21H27ClN4O2.HI/c1-23-20(27)17-8-4-6-15(12-17)10-11-25-21(24-2)26-14-19(28-3)16-7-5-9-18(22)13-16;/h4-9,12-13,19H,10-11,14H2,1-3H3,(H,23,27)(H2,24,25,26);1H. The molecule has 29 heavy (non-hydrogen) atoms. The fourth-order valence-electron chi connectivity index (χ4n) is 2.79. The number of hydrogen-bond donors (Lipinski definition) is 3. The number of guanidine groups is 1. The molecule has 0 aliphatic carbocycles. The van der Waals surface area contributed by atoms with Crippen molar-refractivity contribution in [2.24, 2.45) is 4.99 Å². The molecular weight excluding hydrogens is 503 g/mol. The second-order valence-electron chi connectivity index (χ2n) is 6.19. The van der Waals surface area contributed by atoms with Crippen molar-refractivity contribution in [3.8, 4) is 0 Å². The molecule has 1 amide bonds. The van der Waals surface area contributed by atoms with Gasteiger partial charge in [0.15, 0.2) is 5.96 Å². The van der Waals surface area contributed by atoms with Gasteiger partial charge in [0.05, 0.1) is 6.10 Å². The Morgan fingerprint density at radius 1 is 1.17 bits per heavy atom. The van der Waals surface area contributed by atoms with E-state index in [2.05, 4.69) is 20.9 Å². The van der Waals surface area contributed by atoms with Crippen LogP contribution in [0.4, 0.5) is 0 Å². The van der Waals surface area contributed by atoms with Crippen molar-refractivity contribution in [2.75, 3.05) is 34.3 Å². The highest BCUT2D eigenvalue weighted by atomic mass is 127. The Hall–Kier alpha value is -1.84. The number of carbonyl (C=O) groups is 1. The van der Waals surface area contributed by atoms with Gasteiger partial charge in [-0.05, 0) is 41.8 Å². The summed E-state index contributed by atoms with van der Waals surface area (Å²) in [5, 5.41) is 9.87. The van der Waals surface area contributed by atoms with E-state index < -0.39 is 0 Å². The molecule has 0 aliphatic heterocycles. The lowest BCUT2D eigenvalue weighted by Crippen LogP contribution is -2.40. The van der Waals surface area contributed by atoms with E-state index in [-0.39, 0.29) is 36.0 Å². The zero-order chi connectivity index (χ0) is 20.4. The van der Waals surface area contributed by atoms with Crippen molar-refractivity contribution in [1.29, 1.82) is 0 Å². The average molecular weight is 531 g/mol. The molecule has 0 heterocycles. The van der Waals surface area contributed by atoms with Crippen molar-refractivity contribution in [3.63, 3.8) is 0 Å². The molecule has 0 saturated heterocycles. The minimum absolute atomic E-state index is 0. The number of amides is 1. The van der Waals surface area contributed by atoms with Crippen molar-refractivity contribution in [2.45, 2.75) is 12.5 Å². The number of nitrogens with one attached hydrogen (secondary N) is 3. The van der Waals surface area contributed by atoms with Crippen molar-refractivity contribution in [3.05, 3.63) is 70.2 Å². The topological polar surface area (TPSA) is 74.8 Å². The van der Waals surface area contributed by atoms with E-state index in [0.717, 1.165) is 17.5 Å². The van der Waals surface area contributed by atoms with Crippen LogP contribution in [0.5, 0.6) is 0 Å². The van der Waals surface area contributed by atoms with E-state index in [1.807, 2.05) is 42.5 Å². The van der Waals surface area contributed by atoms with Crippen molar-refractivity contribution in [1.82, 2.24) is 16.0 Å². The van der Waals surface area contributed by atoms with Crippen LogP contribution >= 0.6 is 35.6 Å². The third-order valence-corrected chi connectivity index (χ3v) is 4.54. The summed E-state index contributed by atoms with van der Waals surface area (Å²) in [6.45, 7) is 1.24. The Morgan fingerprint density at radius 3 is 2.59 bits per heavy atom. The first-order valence-corrected chi connectivity index (χ1v) is 9.49. The largest absolute Gasteiger partial charge is 0.375 e. The Morgan fingerprint density at radius 2 is 1.93 bits per heavy atom. The number of rotatable bonds is 8. The van der Waals surface area contributed by atoms with Gasteiger partial charge in [-0.15, -0.1) is 24.0 Å². The maximum Gasteiger partial charge on any atom is 0.251 e. The SMILES string of the molecule is CN=C(NCCc1cccc(C(=O)NC)c1)NCC(OC)c1cccc(Cl)c1.I. The minimum Gasteiger partial charge on any atom is -0.375 e. The molecule has 0 aromatic heterocycles. The van der Waals surface area contributed by atoms with E-state index in [4.69, 9.17) is 16.3 Å². The molecule has 1 atom stereocenters. The van der Waals surface area contributed by atoms with Gasteiger partial charge < -0.3 is 20.7 Å². The summed E-state index contributed by atoms with van der Waals surface area (Å²) in [6, 6.07) is 15.2. The number of benzene rings is 2. The van der Waals surface area contributed by atoms with Gasteiger partial charge in [-0.3, -0.25) is 9.79 Å².